The molecular formula is C15H16N6. The van der Waals surface area contributed by atoms with Gasteiger partial charge in [0.25, 0.3) is 0 Å². The average Bonchev–Trinajstić information content (AvgIpc) is 2.96. The summed E-state index contributed by atoms with van der Waals surface area (Å²) in [4.78, 5) is 15.6. The van der Waals surface area contributed by atoms with E-state index in [2.05, 4.69) is 43.5 Å². The molecule has 0 spiro atoms. The number of nitrogens with two attached hydrogens (primary N) is 1. The van der Waals surface area contributed by atoms with Gasteiger partial charge >= 0.3 is 0 Å². The first-order valence-electron chi connectivity index (χ1n) is 7.15. The Labute approximate surface area is 121 Å². The maximum atomic E-state index is 5.76. The first kappa shape index (κ1) is 12.1. The molecule has 106 valence electrons. The Kier molecular flexibility index (Phi) is 2.73. The zero-order chi connectivity index (χ0) is 14.2. The quantitative estimate of drug-likeness (QED) is 0.671. The number of nitrogen functional groups attached to an aromatic ring is 1. The van der Waals surface area contributed by atoms with Gasteiger partial charge in [0.1, 0.15) is 5.52 Å². The SMILES string of the molecule is Nc1nc(Nc2cccc3c2CCCC3)c2[nH]cnc2n1. The molecule has 0 bridgehead atoms. The molecule has 2 heterocycles. The molecule has 0 saturated carbocycles. The van der Waals surface area contributed by atoms with Crippen molar-refractivity contribution in [2.45, 2.75) is 25.7 Å². The molecule has 1 aliphatic rings. The van der Waals surface area contributed by atoms with Gasteiger partial charge < -0.3 is 16.0 Å². The number of hydrogen-bond acceptors (Lipinski definition) is 5. The summed E-state index contributed by atoms with van der Waals surface area (Å²) in [6.07, 6.45) is 6.35. The minimum atomic E-state index is 0.224. The summed E-state index contributed by atoms with van der Waals surface area (Å²) in [5, 5.41) is 3.40. The molecule has 3 aromatic rings. The highest BCUT2D eigenvalue weighted by atomic mass is 15.1. The fourth-order valence-corrected chi connectivity index (χ4v) is 2.97. The Bertz CT molecular complexity index is 807. The van der Waals surface area contributed by atoms with Crippen LogP contribution in [0.25, 0.3) is 11.2 Å². The molecule has 0 unspecified atom stereocenters. The first-order chi connectivity index (χ1) is 10.3. The molecule has 4 N–H and O–H groups in total. The van der Waals surface area contributed by atoms with Crippen molar-refractivity contribution in [2.75, 3.05) is 11.1 Å². The number of hydrogen-bond donors (Lipinski definition) is 3. The second-order valence-electron chi connectivity index (χ2n) is 5.31. The minimum Gasteiger partial charge on any atom is -0.368 e. The second-order valence-corrected chi connectivity index (χ2v) is 5.31. The van der Waals surface area contributed by atoms with Gasteiger partial charge in [-0.2, -0.15) is 9.97 Å². The van der Waals surface area contributed by atoms with Crippen molar-refractivity contribution in [3.8, 4) is 0 Å². The van der Waals surface area contributed by atoms with E-state index < -0.39 is 0 Å². The van der Waals surface area contributed by atoms with Crippen LogP contribution in [0.2, 0.25) is 0 Å². The van der Waals surface area contributed by atoms with Gasteiger partial charge in [0.05, 0.1) is 6.33 Å². The Morgan fingerprint density at radius 2 is 2.05 bits per heavy atom. The van der Waals surface area contributed by atoms with E-state index in [1.165, 1.54) is 24.0 Å². The van der Waals surface area contributed by atoms with E-state index in [9.17, 15) is 0 Å². The Morgan fingerprint density at radius 1 is 1.14 bits per heavy atom. The van der Waals surface area contributed by atoms with Gasteiger partial charge in [0.2, 0.25) is 5.95 Å². The average molecular weight is 280 g/mol. The third-order valence-electron chi connectivity index (χ3n) is 3.95. The van der Waals surface area contributed by atoms with Crippen molar-refractivity contribution in [1.29, 1.82) is 0 Å². The normalized spacial score (nSPS) is 14.1. The van der Waals surface area contributed by atoms with E-state index in [1.54, 1.807) is 6.33 Å². The molecule has 4 rings (SSSR count). The molecular weight excluding hydrogens is 264 g/mol. The maximum absolute atomic E-state index is 5.76. The van der Waals surface area contributed by atoms with Gasteiger partial charge in [-0.3, -0.25) is 0 Å². The molecule has 1 aromatic carbocycles. The minimum absolute atomic E-state index is 0.224. The highest BCUT2D eigenvalue weighted by Crippen LogP contribution is 2.31. The fraction of sp³-hybridized carbons (Fsp3) is 0.267. The van der Waals surface area contributed by atoms with E-state index in [1.807, 2.05) is 0 Å². The standard InChI is InChI=1S/C15H16N6/c16-15-20-13-12(17-8-18-13)14(21-15)19-11-7-3-5-9-4-1-2-6-10(9)11/h3,5,7-8H,1-2,4,6H2,(H4,16,17,18,19,20,21). The van der Waals surface area contributed by atoms with Crippen LogP contribution < -0.4 is 11.1 Å². The number of benzene rings is 1. The molecule has 0 radical (unpaired) electrons. The van der Waals surface area contributed by atoms with Crippen molar-refractivity contribution < 1.29 is 0 Å². The summed E-state index contributed by atoms with van der Waals surface area (Å²) in [6.45, 7) is 0. The largest absolute Gasteiger partial charge is 0.368 e. The van der Waals surface area contributed by atoms with Crippen molar-refractivity contribution in [3.05, 3.63) is 35.7 Å². The van der Waals surface area contributed by atoms with Crippen LogP contribution in [0.1, 0.15) is 24.0 Å². The molecule has 0 amide bonds. The van der Waals surface area contributed by atoms with Gasteiger partial charge in [-0.1, -0.05) is 12.1 Å². The van der Waals surface area contributed by atoms with Crippen molar-refractivity contribution in [2.24, 2.45) is 0 Å². The van der Waals surface area contributed by atoms with Crippen molar-refractivity contribution in [3.63, 3.8) is 0 Å². The lowest BCUT2D eigenvalue weighted by molar-refractivity contribution is 0.687. The van der Waals surface area contributed by atoms with Gasteiger partial charge in [0, 0.05) is 5.69 Å². The highest BCUT2D eigenvalue weighted by molar-refractivity contribution is 5.86. The first-order valence-corrected chi connectivity index (χ1v) is 7.15. The van der Waals surface area contributed by atoms with Crippen LogP contribution in [0.4, 0.5) is 17.5 Å². The van der Waals surface area contributed by atoms with E-state index in [0.717, 1.165) is 24.0 Å². The topological polar surface area (TPSA) is 92.5 Å². The molecule has 0 saturated heterocycles. The van der Waals surface area contributed by atoms with E-state index in [4.69, 9.17) is 5.73 Å². The fourth-order valence-electron chi connectivity index (χ4n) is 2.97. The highest BCUT2D eigenvalue weighted by Gasteiger charge is 2.15. The van der Waals surface area contributed by atoms with Crippen LogP contribution in [-0.2, 0) is 12.8 Å². The third kappa shape index (κ3) is 2.08. The van der Waals surface area contributed by atoms with Gasteiger partial charge in [-0.15, -0.1) is 0 Å². The number of H-pyrrole nitrogens is 1. The van der Waals surface area contributed by atoms with E-state index in [0.29, 0.717) is 11.5 Å². The van der Waals surface area contributed by atoms with Crippen LogP contribution in [0.5, 0.6) is 0 Å². The number of imidazole rings is 1. The predicted molar refractivity (Wildman–Crippen MR) is 82.5 cm³/mol. The summed E-state index contributed by atoms with van der Waals surface area (Å²) >= 11 is 0. The molecule has 0 fully saturated rings. The number of aromatic nitrogens is 4. The molecule has 1 aliphatic carbocycles. The van der Waals surface area contributed by atoms with Gasteiger partial charge in [0.15, 0.2) is 11.5 Å². The monoisotopic (exact) mass is 280 g/mol. The zero-order valence-electron chi connectivity index (χ0n) is 11.6. The van der Waals surface area contributed by atoms with Crippen molar-refractivity contribution in [1.82, 2.24) is 19.9 Å². The Hall–Kier alpha value is -2.63. The number of aromatic amines is 1. The summed E-state index contributed by atoms with van der Waals surface area (Å²) < 4.78 is 0. The Balaban J connectivity index is 1.80. The maximum Gasteiger partial charge on any atom is 0.224 e. The van der Waals surface area contributed by atoms with Crippen LogP contribution in [0.3, 0.4) is 0 Å². The smallest absolute Gasteiger partial charge is 0.224 e. The number of nitrogens with zero attached hydrogens (tertiary/aromatic N) is 3. The number of fused-ring (bicyclic) bond motifs is 2. The van der Waals surface area contributed by atoms with Crippen LogP contribution in [0.15, 0.2) is 24.5 Å². The zero-order valence-corrected chi connectivity index (χ0v) is 11.6. The third-order valence-corrected chi connectivity index (χ3v) is 3.95. The number of anilines is 3. The summed E-state index contributed by atoms with van der Waals surface area (Å²) in [5.74, 6) is 0.899. The van der Waals surface area contributed by atoms with Gasteiger partial charge in [-0.25, -0.2) is 4.98 Å². The number of nitrogens with one attached hydrogen (secondary N) is 2. The van der Waals surface area contributed by atoms with Crippen LogP contribution in [-0.4, -0.2) is 19.9 Å². The number of aryl methyl sites for hydroxylation is 1. The van der Waals surface area contributed by atoms with Crippen LogP contribution >= 0.6 is 0 Å². The van der Waals surface area contributed by atoms with Gasteiger partial charge in [-0.05, 0) is 42.9 Å². The van der Waals surface area contributed by atoms with E-state index in [-0.39, 0.29) is 5.95 Å². The molecule has 21 heavy (non-hydrogen) atoms. The molecule has 6 nitrogen and oxygen atoms in total. The lowest BCUT2D eigenvalue weighted by Gasteiger charge is -2.20. The molecule has 6 heteroatoms. The Morgan fingerprint density at radius 3 is 3.00 bits per heavy atom. The van der Waals surface area contributed by atoms with Crippen molar-refractivity contribution >= 4 is 28.6 Å². The lowest BCUT2D eigenvalue weighted by atomic mass is 9.90. The second kappa shape index (κ2) is 4.73. The number of rotatable bonds is 2. The lowest BCUT2D eigenvalue weighted by Crippen LogP contribution is -2.07. The predicted octanol–water partition coefficient (Wildman–Crippen LogP) is 2.56. The molecule has 2 aromatic heterocycles. The summed E-state index contributed by atoms with van der Waals surface area (Å²) in [7, 11) is 0. The summed E-state index contributed by atoms with van der Waals surface area (Å²) in [6, 6.07) is 6.38. The molecule has 0 aliphatic heterocycles. The van der Waals surface area contributed by atoms with E-state index >= 15 is 0 Å². The van der Waals surface area contributed by atoms with Crippen LogP contribution in [0, 0.1) is 0 Å². The summed E-state index contributed by atoms with van der Waals surface area (Å²) in [5.41, 5.74) is 11.0. The molecule has 0 atom stereocenters.